The van der Waals surface area contributed by atoms with E-state index >= 15 is 0 Å². The first-order valence-electron chi connectivity index (χ1n) is 6.53. The molecule has 0 aliphatic carbocycles. The van der Waals surface area contributed by atoms with Crippen molar-refractivity contribution in [2.24, 2.45) is 0 Å². The Hall–Kier alpha value is -2.05. The first-order valence-corrected chi connectivity index (χ1v) is 8.12. The molecule has 104 valence electrons. The lowest BCUT2D eigenvalue weighted by Crippen LogP contribution is -2.20. The Morgan fingerprint density at radius 3 is 2.14 bits per heavy atom. The lowest BCUT2D eigenvalue weighted by Gasteiger charge is -2.32. The van der Waals surface area contributed by atoms with Gasteiger partial charge in [0.2, 0.25) is 0 Å². The number of anilines is 3. The van der Waals surface area contributed by atoms with Crippen LogP contribution in [0.5, 0.6) is 0 Å². The van der Waals surface area contributed by atoms with E-state index < -0.39 is 0 Å². The van der Waals surface area contributed by atoms with Crippen LogP contribution in [0.4, 0.5) is 16.4 Å². The maximum Gasteiger partial charge on any atom is 0.132 e. The zero-order valence-corrected chi connectivity index (χ0v) is 12.7. The van der Waals surface area contributed by atoms with Crippen LogP contribution in [0.1, 0.15) is 5.69 Å². The number of nitrogens with zero attached hydrogens (tertiary/aromatic N) is 3. The van der Waals surface area contributed by atoms with Gasteiger partial charge in [0.05, 0.1) is 17.9 Å². The third kappa shape index (κ3) is 2.16. The number of rotatable bonds is 2. The van der Waals surface area contributed by atoms with E-state index in [-0.39, 0.29) is 0 Å². The highest BCUT2D eigenvalue weighted by molar-refractivity contribution is 7.99. The average Bonchev–Trinajstić information content (AvgIpc) is 2.92. The number of aromatic nitrogens is 2. The SMILES string of the molecule is Nc1snnc1CN1c2ccccc2Sc2ccccc21. The number of benzene rings is 2. The molecule has 0 spiro atoms. The predicted octanol–water partition coefficient (Wildman–Crippen LogP) is 3.92. The largest absolute Gasteiger partial charge is 0.388 e. The van der Waals surface area contributed by atoms with Crippen LogP contribution in [0, 0.1) is 0 Å². The summed E-state index contributed by atoms with van der Waals surface area (Å²) in [5.41, 5.74) is 9.17. The summed E-state index contributed by atoms with van der Waals surface area (Å²) >= 11 is 3.04. The molecule has 0 saturated heterocycles. The van der Waals surface area contributed by atoms with Crippen molar-refractivity contribution in [1.82, 2.24) is 9.59 Å². The molecule has 3 aromatic rings. The van der Waals surface area contributed by atoms with Gasteiger partial charge in [0.1, 0.15) is 10.7 Å². The Morgan fingerprint density at radius 1 is 0.952 bits per heavy atom. The number of hydrogen-bond donors (Lipinski definition) is 1. The fraction of sp³-hybridized carbons (Fsp3) is 0.0667. The molecule has 0 atom stereocenters. The van der Waals surface area contributed by atoms with Gasteiger partial charge in [-0.05, 0) is 24.3 Å². The fourth-order valence-corrected chi connectivity index (χ4v) is 3.96. The number of para-hydroxylation sites is 2. The molecular weight excluding hydrogens is 300 g/mol. The Balaban J connectivity index is 1.83. The molecule has 2 heterocycles. The topological polar surface area (TPSA) is 55.0 Å². The summed E-state index contributed by atoms with van der Waals surface area (Å²) in [5.74, 6) is 0. The summed E-state index contributed by atoms with van der Waals surface area (Å²) in [5, 5.41) is 4.83. The number of nitrogens with two attached hydrogens (primary N) is 1. The van der Waals surface area contributed by atoms with Crippen LogP contribution >= 0.6 is 23.3 Å². The number of hydrogen-bond acceptors (Lipinski definition) is 6. The second-order valence-corrected chi connectivity index (χ2v) is 6.58. The minimum atomic E-state index is 0.636. The number of fused-ring (bicyclic) bond motifs is 2. The zero-order valence-electron chi connectivity index (χ0n) is 11.1. The van der Waals surface area contributed by atoms with E-state index in [4.69, 9.17) is 5.73 Å². The molecule has 0 radical (unpaired) electrons. The Bertz CT molecular complexity index is 754. The molecule has 1 aliphatic rings. The fourth-order valence-electron chi connectivity index (χ4n) is 2.43. The van der Waals surface area contributed by atoms with E-state index in [2.05, 4.69) is 63.0 Å². The van der Waals surface area contributed by atoms with Crippen LogP contribution in [0.3, 0.4) is 0 Å². The molecule has 0 fully saturated rings. The second kappa shape index (κ2) is 5.05. The molecule has 0 saturated carbocycles. The van der Waals surface area contributed by atoms with Crippen molar-refractivity contribution in [3.05, 3.63) is 54.2 Å². The lowest BCUT2D eigenvalue weighted by molar-refractivity contribution is 0.889. The smallest absolute Gasteiger partial charge is 0.132 e. The van der Waals surface area contributed by atoms with Crippen LogP contribution < -0.4 is 10.6 Å². The normalized spacial score (nSPS) is 12.9. The first-order chi connectivity index (χ1) is 10.3. The van der Waals surface area contributed by atoms with Crippen LogP contribution in [-0.4, -0.2) is 9.59 Å². The van der Waals surface area contributed by atoms with Gasteiger partial charge >= 0.3 is 0 Å². The molecule has 0 bridgehead atoms. The highest BCUT2D eigenvalue weighted by atomic mass is 32.2. The van der Waals surface area contributed by atoms with Gasteiger partial charge in [-0.15, -0.1) is 5.10 Å². The van der Waals surface area contributed by atoms with E-state index in [0.717, 1.165) is 5.69 Å². The Kier molecular flexibility index (Phi) is 3.05. The van der Waals surface area contributed by atoms with Gasteiger partial charge in [0, 0.05) is 21.3 Å². The molecule has 21 heavy (non-hydrogen) atoms. The van der Waals surface area contributed by atoms with Gasteiger partial charge in [-0.1, -0.05) is 40.5 Å². The molecule has 0 amide bonds. The van der Waals surface area contributed by atoms with E-state index in [9.17, 15) is 0 Å². The second-order valence-electron chi connectivity index (χ2n) is 4.71. The van der Waals surface area contributed by atoms with E-state index in [0.29, 0.717) is 11.5 Å². The van der Waals surface area contributed by atoms with Crippen LogP contribution in [-0.2, 0) is 6.54 Å². The van der Waals surface area contributed by atoms with Gasteiger partial charge in [-0.2, -0.15) is 0 Å². The molecule has 2 N–H and O–H groups in total. The van der Waals surface area contributed by atoms with E-state index in [1.54, 1.807) is 11.8 Å². The predicted molar refractivity (Wildman–Crippen MR) is 87.2 cm³/mol. The van der Waals surface area contributed by atoms with Crippen molar-refractivity contribution in [1.29, 1.82) is 0 Å². The molecular formula is C15H12N4S2. The van der Waals surface area contributed by atoms with Crippen LogP contribution in [0.15, 0.2) is 58.3 Å². The lowest BCUT2D eigenvalue weighted by atomic mass is 10.2. The quantitative estimate of drug-likeness (QED) is 0.777. The summed E-state index contributed by atoms with van der Waals surface area (Å²) < 4.78 is 3.93. The molecule has 2 aromatic carbocycles. The summed E-state index contributed by atoms with van der Waals surface area (Å²) in [6.07, 6.45) is 0. The average molecular weight is 312 g/mol. The molecule has 4 rings (SSSR count). The highest BCUT2D eigenvalue weighted by Crippen LogP contribution is 2.48. The summed E-state index contributed by atoms with van der Waals surface area (Å²) in [4.78, 5) is 4.75. The zero-order chi connectivity index (χ0) is 14.2. The molecule has 1 aromatic heterocycles. The van der Waals surface area contributed by atoms with Gasteiger partial charge in [-0.3, -0.25) is 0 Å². The van der Waals surface area contributed by atoms with Crippen molar-refractivity contribution < 1.29 is 0 Å². The molecule has 1 aliphatic heterocycles. The van der Waals surface area contributed by atoms with Crippen molar-refractivity contribution in [3.63, 3.8) is 0 Å². The highest BCUT2D eigenvalue weighted by Gasteiger charge is 2.24. The van der Waals surface area contributed by atoms with Crippen molar-refractivity contribution in [3.8, 4) is 0 Å². The van der Waals surface area contributed by atoms with Crippen molar-refractivity contribution >= 4 is 39.7 Å². The maximum atomic E-state index is 5.96. The van der Waals surface area contributed by atoms with E-state index in [1.165, 1.54) is 32.7 Å². The van der Waals surface area contributed by atoms with Gasteiger partial charge in [0.15, 0.2) is 0 Å². The molecule has 0 unspecified atom stereocenters. The summed E-state index contributed by atoms with van der Waals surface area (Å²) in [6, 6.07) is 16.8. The first kappa shape index (κ1) is 12.7. The molecule has 4 nitrogen and oxygen atoms in total. The van der Waals surface area contributed by atoms with Gasteiger partial charge < -0.3 is 10.6 Å². The Morgan fingerprint density at radius 2 is 1.57 bits per heavy atom. The van der Waals surface area contributed by atoms with Gasteiger partial charge in [-0.25, -0.2) is 0 Å². The minimum Gasteiger partial charge on any atom is -0.388 e. The van der Waals surface area contributed by atoms with E-state index in [1.807, 2.05) is 0 Å². The Labute approximate surface area is 130 Å². The summed E-state index contributed by atoms with van der Waals surface area (Å²) in [6.45, 7) is 0.636. The van der Waals surface area contributed by atoms with Crippen molar-refractivity contribution in [2.75, 3.05) is 10.6 Å². The summed E-state index contributed by atoms with van der Waals surface area (Å²) in [7, 11) is 0. The molecule has 6 heteroatoms. The third-order valence-corrected chi connectivity index (χ3v) is 5.15. The monoisotopic (exact) mass is 312 g/mol. The maximum absolute atomic E-state index is 5.96. The van der Waals surface area contributed by atoms with Crippen LogP contribution in [0.2, 0.25) is 0 Å². The minimum absolute atomic E-state index is 0.636. The third-order valence-electron chi connectivity index (χ3n) is 3.43. The van der Waals surface area contributed by atoms with Crippen LogP contribution in [0.25, 0.3) is 0 Å². The van der Waals surface area contributed by atoms with Gasteiger partial charge in [0.25, 0.3) is 0 Å². The standard InChI is InChI=1S/C15H12N4S2/c16-15-10(17-18-21-15)9-19-11-5-1-3-7-13(11)20-14-8-4-2-6-12(14)19/h1-8H,9,16H2. The number of nitrogen functional groups attached to an aromatic ring is 1. The van der Waals surface area contributed by atoms with Crippen molar-refractivity contribution in [2.45, 2.75) is 16.3 Å².